The highest BCUT2D eigenvalue weighted by Crippen LogP contribution is 2.31. The summed E-state index contributed by atoms with van der Waals surface area (Å²) in [4.78, 5) is 0. The average Bonchev–Trinajstić information content (AvgIpc) is 2.39. The SMILES string of the molecule is CCNCC1CCCC(C(C)C)CC1. The van der Waals surface area contributed by atoms with Crippen LogP contribution < -0.4 is 5.32 Å². The minimum absolute atomic E-state index is 0.896. The van der Waals surface area contributed by atoms with Gasteiger partial charge < -0.3 is 5.32 Å². The fraction of sp³-hybridized carbons (Fsp3) is 1.00. The van der Waals surface area contributed by atoms with Gasteiger partial charge in [0.2, 0.25) is 0 Å². The summed E-state index contributed by atoms with van der Waals surface area (Å²) in [5, 5.41) is 3.49. The first-order valence-corrected chi connectivity index (χ1v) is 6.44. The summed E-state index contributed by atoms with van der Waals surface area (Å²) in [6.45, 7) is 9.35. The van der Waals surface area contributed by atoms with E-state index < -0.39 is 0 Å². The van der Waals surface area contributed by atoms with Crippen molar-refractivity contribution in [1.82, 2.24) is 5.32 Å². The topological polar surface area (TPSA) is 12.0 Å². The smallest absolute Gasteiger partial charge is 0.00206 e. The molecule has 1 rings (SSSR count). The zero-order chi connectivity index (χ0) is 10.4. The Labute approximate surface area is 89.7 Å². The van der Waals surface area contributed by atoms with Crippen molar-refractivity contribution in [1.29, 1.82) is 0 Å². The Kier molecular flexibility index (Phi) is 5.54. The standard InChI is InChI=1S/C13H27N/c1-4-14-10-12-6-5-7-13(9-8-12)11(2)3/h11-14H,4-10H2,1-3H3. The second-order valence-corrected chi connectivity index (χ2v) is 5.19. The van der Waals surface area contributed by atoms with Crippen LogP contribution in [-0.4, -0.2) is 13.1 Å². The molecule has 1 nitrogen and oxygen atoms in total. The average molecular weight is 197 g/mol. The molecule has 84 valence electrons. The summed E-state index contributed by atoms with van der Waals surface area (Å²) in [7, 11) is 0. The van der Waals surface area contributed by atoms with Crippen LogP contribution in [0.2, 0.25) is 0 Å². The van der Waals surface area contributed by atoms with Gasteiger partial charge in [-0.05, 0) is 50.1 Å². The maximum absolute atomic E-state index is 3.49. The molecule has 0 aromatic carbocycles. The maximum atomic E-state index is 3.49. The minimum Gasteiger partial charge on any atom is -0.317 e. The van der Waals surface area contributed by atoms with Crippen LogP contribution in [0, 0.1) is 17.8 Å². The van der Waals surface area contributed by atoms with Gasteiger partial charge in [-0.15, -0.1) is 0 Å². The molecule has 0 aliphatic heterocycles. The summed E-state index contributed by atoms with van der Waals surface area (Å²) in [5.74, 6) is 2.85. The van der Waals surface area contributed by atoms with Gasteiger partial charge in [-0.2, -0.15) is 0 Å². The highest BCUT2D eigenvalue weighted by atomic mass is 14.8. The lowest BCUT2D eigenvalue weighted by Crippen LogP contribution is -2.22. The van der Waals surface area contributed by atoms with Crippen LogP contribution in [0.5, 0.6) is 0 Å². The number of hydrogen-bond acceptors (Lipinski definition) is 1. The van der Waals surface area contributed by atoms with E-state index in [0.29, 0.717) is 0 Å². The van der Waals surface area contributed by atoms with E-state index in [2.05, 4.69) is 26.1 Å². The summed E-state index contributed by atoms with van der Waals surface area (Å²) in [6, 6.07) is 0. The molecule has 0 heterocycles. The Bertz CT molecular complexity index is 142. The molecule has 1 heteroatoms. The molecule has 0 bridgehead atoms. The molecule has 2 atom stereocenters. The Morgan fingerprint density at radius 2 is 1.93 bits per heavy atom. The molecule has 0 saturated heterocycles. The third kappa shape index (κ3) is 4.00. The van der Waals surface area contributed by atoms with Crippen LogP contribution >= 0.6 is 0 Å². The molecule has 2 unspecified atom stereocenters. The minimum atomic E-state index is 0.896. The highest BCUT2D eigenvalue weighted by Gasteiger charge is 2.20. The van der Waals surface area contributed by atoms with Crippen molar-refractivity contribution in [2.24, 2.45) is 17.8 Å². The summed E-state index contributed by atoms with van der Waals surface area (Å²) in [5.41, 5.74) is 0. The Hall–Kier alpha value is -0.0400. The molecule has 0 amide bonds. The quantitative estimate of drug-likeness (QED) is 0.681. The maximum Gasteiger partial charge on any atom is -0.00206 e. The van der Waals surface area contributed by atoms with Gasteiger partial charge in [0.25, 0.3) is 0 Å². The van der Waals surface area contributed by atoms with Crippen LogP contribution in [0.1, 0.15) is 52.9 Å². The first-order chi connectivity index (χ1) is 6.74. The number of rotatable bonds is 4. The van der Waals surface area contributed by atoms with Gasteiger partial charge in [0.15, 0.2) is 0 Å². The normalized spacial score (nSPS) is 29.1. The third-order valence-electron chi connectivity index (χ3n) is 3.76. The molecular weight excluding hydrogens is 170 g/mol. The first-order valence-electron chi connectivity index (χ1n) is 6.44. The molecule has 0 aromatic rings. The van der Waals surface area contributed by atoms with E-state index in [0.717, 1.165) is 24.3 Å². The van der Waals surface area contributed by atoms with Crippen molar-refractivity contribution in [2.45, 2.75) is 52.9 Å². The van der Waals surface area contributed by atoms with Gasteiger partial charge >= 0.3 is 0 Å². The molecule has 0 radical (unpaired) electrons. The zero-order valence-corrected chi connectivity index (χ0v) is 10.2. The van der Waals surface area contributed by atoms with Crippen molar-refractivity contribution >= 4 is 0 Å². The van der Waals surface area contributed by atoms with Gasteiger partial charge in [-0.1, -0.05) is 33.6 Å². The Balaban J connectivity index is 2.26. The number of nitrogens with one attached hydrogen (secondary N) is 1. The van der Waals surface area contributed by atoms with E-state index >= 15 is 0 Å². The van der Waals surface area contributed by atoms with Crippen molar-refractivity contribution in [3.05, 3.63) is 0 Å². The molecule has 14 heavy (non-hydrogen) atoms. The fourth-order valence-electron chi connectivity index (χ4n) is 2.63. The molecule has 0 aromatic heterocycles. The van der Waals surface area contributed by atoms with E-state index in [1.165, 1.54) is 38.6 Å². The van der Waals surface area contributed by atoms with Gasteiger partial charge in [0, 0.05) is 0 Å². The van der Waals surface area contributed by atoms with Crippen LogP contribution in [0.3, 0.4) is 0 Å². The van der Waals surface area contributed by atoms with Gasteiger partial charge in [0.1, 0.15) is 0 Å². The molecule has 1 fully saturated rings. The van der Waals surface area contributed by atoms with E-state index in [-0.39, 0.29) is 0 Å². The lowest BCUT2D eigenvalue weighted by atomic mass is 9.88. The first kappa shape index (κ1) is 12.0. The van der Waals surface area contributed by atoms with Crippen LogP contribution in [0.25, 0.3) is 0 Å². The predicted molar refractivity (Wildman–Crippen MR) is 63.4 cm³/mol. The fourth-order valence-corrected chi connectivity index (χ4v) is 2.63. The van der Waals surface area contributed by atoms with Gasteiger partial charge in [-0.25, -0.2) is 0 Å². The van der Waals surface area contributed by atoms with E-state index in [1.54, 1.807) is 0 Å². The second-order valence-electron chi connectivity index (χ2n) is 5.19. The van der Waals surface area contributed by atoms with E-state index in [4.69, 9.17) is 0 Å². The van der Waals surface area contributed by atoms with Crippen molar-refractivity contribution in [3.63, 3.8) is 0 Å². The van der Waals surface area contributed by atoms with Gasteiger partial charge in [-0.3, -0.25) is 0 Å². The summed E-state index contributed by atoms with van der Waals surface area (Å²) < 4.78 is 0. The van der Waals surface area contributed by atoms with Crippen LogP contribution in [-0.2, 0) is 0 Å². The van der Waals surface area contributed by atoms with Crippen molar-refractivity contribution in [3.8, 4) is 0 Å². The predicted octanol–water partition coefficient (Wildman–Crippen LogP) is 3.45. The van der Waals surface area contributed by atoms with Crippen LogP contribution in [0.15, 0.2) is 0 Å². The molecule has 0 spiro atoms. The highest BCUT2D eigenvalue weighted by molar-refractivity contribution is 4.73. The summed E-state index contributed by atoms with van der Waals surface area (Å²) >= 11 is 0. The molecule has 1 aliphatic carbocycles. The molecular formula is C13H27N. The van der Waals surface area contributed by atoms with Crippen molar-refractivity contribution < 1.29 is 0 Å². The lowest BCUT2D eigenvalue weighted by Gasteiger charge is -2.18. The molecule has 1 N–H and O–H groups in total. The molecule has 1 saturated carbocycles. The zero-order valence-electron chi connectivity index (χ0n) is 10.2. The van der Waals surface area contributed by atoms with Gasteiger partial charge in [0.05, 0.1) is 0 Å². The Morgan fingerprint density at radius 1 is 1.14 bits per heavy atom. The monoisotopic (exact) mass is 197 g/mol. The second kappa shape index (κ2) is 6.44. The van der Waals surface area contributed by atoms with Crippen LogP contribution in [0.4, 0.5) is 0 Å². The number of hydrogen-bond donors (Lipinski definition) is 1. The van der Waals surface area contributed by atoms with E-state index in [1.807, 2.05) is 0 Å². The van der Waals surface area contributed by atoms with E-state index in [9.17, 15) is 0 Å². The Morgan fingerprint density at radius 3 is 2.57 bits per heavy atom. The lowest BCUT2D eigenvalue weighted by molar-refractivity contribution is 0.334. The molecule has 1 aliphatic rings. The third-order valence-corrected chi connectivity index (χ3v) is 3.76. The summed E-state index contributed by atoms with van der Waals surface area (Å²) in [6.07, 6.45) is 7.30. The van der Waals surface area contributed by atoms with Crippen molar-refractivity contribution in [2.75, 3.05) is 13.1 Å². The largest absolute Gasteiger partial charge is 0.317 e.